The van der Waals surface area contributed by atoms with Gasteiger partial charge < -0.3 is 19.7 Å². The molecule has 0 aliphatic heterocycles. The predicted molar refractivity (Wildman–Crippen MR) is 80.7 cm³/mol. The second-order valence-electron chi connectivity index (χ2n) is 5.02. The average Bonchev–Trinajstić information content (AvgIpc) is 2.37. The molecule has 0 saturated carbocycles. The van der Waals surface area contributed by atoms with Gasteiger partial charge in [0.1, 0.15) is 0 Å². The molecule has 19 heavy (non-hydrogen) atoms. The number of likely N-dealkylation sites (N-methyl/N-ethyl adjacent to an activating group) is 1. The fraction of sp³-hybridized carbons (Fsp3) is 0.600. The number of methoxy groups -OCH3 is 2. The molecule has 0 aliphatic rings. The Hall–Kier alpha value is -1.42. The maximum Gasteiger partial charge on any atom is 0.162 e. The minimum absolute atomic E-state index is 0.514. The lowest BCUT2D eigenvalue weighted by atomic mass is 10.1. The molecule has 0 fully saturated rings. The second kappa shape index (κ2) is 7.24. The number of ether oxygens (including phenoxy) is 2. The van der Waals surface area contributed by atoms with Gasteiger partial charge in [-0.1, -0.05) is 13.8 Å². The van der Waals surface area contributed by atoms with Gasteiger partial charge in [0.2, 0.25) is 0 Å². The number of nitrogens with zero attached hydrogens (tertiary/aromatic N) is 1. The molecule has 0 atom stereocenters. The highest BCUT2D eigenvalue weighted by molar-refractivity contribution is 5.61. The molecule has 1 rings (SSSR count). The van der Waals surface area contributed by atoms with Gasteiger partial charge in [0.15, 0.2) is 11.5 Å². The van der Waals surface area contributed by atoms with E-state index in [0.717, 1.165) is 24.6 Å². The van der Waals surface area contributed by atoms with Crippen molar-refractivity contribution in [2.75, 3.05) is 39.3 Å². The van der Waals surface area contributed by atoms with E-state index in [2.05, 4.69) is 38.0 Å². The Morgan fingerprint density at radius 2 is 1.74 bits per heavy atom. The van der Waals surface area contributed by atoms with Crippen LogP contribution >= 0.6 is 0 Å². The minimum atomic E-state index is 0.514. The number of benzene rings is 1. The molecular formula is C15H26N2O2. The van der Waals surface area contributed by atoms with E-state index in [4.69, 9.17) is 9.47 Å². The average molecular weight is 266 g/mol. The standard InChI is InChI=1S/C15H26N2O2/c1-11(2)16-7-8-17(4)13-10-15(19-6)14(18-5)9-12(13)3/h9-11,16H,7-8H2,1-6H3. The highest BCUT2D eigenvalue weighted by Crippen LogP contribution is 2.34. The summed E-state index contributed by atoms with van der Waals surface area (Å²) in [5.41, 5.74) is 2.35. The fourth-order valence-electron chi connectivity index (χ4n) is 2.02. The highest BCUT2D eigenvalue weighted by atomic mass is 16.5. The van der Waals surface area contributed by atoms with E-state index in [1.807, 2.05) is 12.1 Å². The van der Waals surface area contributed by atoms with Crippen LogP contribution in [0, 0.1) is 6.92 Å². The molecule has 0 heterocycles. The molecule has 4 heteroatoms. The third-order valence-corrected chi connectivity index (χ3v) is 3.11. The first-order valence-electron chi connectivity index (χ1n) is 6.66. The van der Waals surface area contributed by atoms with Gasteiger partial charge in [-0.05, 0) is 18.6 Å². The lowest BCUT2D eigenvalue weighted by molar-refractivity contribution is 0.354. The molecule has 0 radical (unpaired) electrons. The molecule has 0 spiro atoms. The minimum Gasteiger partial charge on any atom is -0.493 e. The first kappa shape index (κ1) is 15.6. The SMILES string of the molecule is COc1cc(C)c(N(C)CCNC(C)C)cc1OC. The predicted octanol–water partition coefficient (Wildman–Crippen LogP) is 2.45. The number of aryl methyl sites for hydroxylation is 1. The summed E-state index contributed by atoms with van der Waals surface area (Å²) in [4.78, 5) is 2.23. The van der Waals surface area contributed by atoms with Crippen molar-refractivity contribution in [3.05, 3.63) is 17.7 Å². The van der Waals surface area contributed by atoms with Crippen molar-refractivity contribution in [2.45, 2.75) is 26.8 Å². The van der Waals surface area contributed by atoms with E-state index in [-0.39, 0.29) is 0 Å². The summed E-state index contributed by atoms with van der Waals surface area (Å²) in [6.45, 7) is 8.31. The van der Waals surface area contributed by atoms with Gasteiger partial charge in [-0.3, -0.25) is 0 Å². The van der Waals surface area contributed by atoms with Crippen molar-refractivity contribution >= 4 is 5.69 Å². The van der Waals surface area contributed by atoms with Crippen molar-refractivity contribution in [2.24, 2.45) is 0 Å². The molecule has 1 aromatic carbocycles. The zero-order valence-corrected chi connectivity index (χ0v) is 12.9. The first-order chi connectivity index (χ1) is 8.99. The van der Waals surface area contributed by atoms with Crippen molar-refractivity contribution in [3.63, 3.8) is 0 Å². The van der Waals surface area contributed by atoms with Crippen LogP contribution in [0.25, 0.3) is 0 Å². The normalized spacial score (nSPS) is 10.7. The number of rotatable bonds is 7. The van der Waals surface area contributed by atoms with Gasteiger partial charge in [0.25, 0.3) is 0 Å². The van der Waals surface area contributed by atoms with Crippen LogP contribution in [0.3, 0.4) is 0 Å². The second-order valence-corrected chi connectivity index (χ2v) is 5.02. The Bertz CT molecular complexity index is 405. The molecule has 108 valence electrons. The summed E-state index contributed by atoms with van der Waals surface area (Å²) < 4.78 is 10.7. The Morgan fingerprint density at radius 3 is 2.26 bits per heavy atom. The lowest BCUT2D eigenvalue weighted by Crippen LogP contribution is -2.33. The Kier molecular flexibility index (Phi) is 5.96. The Labute approximate surface area is 116 Å². The zero-order valence-electron chi connectivity index (χ0n) is 12.9. The third kappa shape index (κ3) is 4.31. The largest absolute Gasteiger partial charge is 0.493 e. The van der Waals surface area contributed by atoms with Crippen molar-refractivity contribution < 1.29 is 9.47 Å². The van der Waals surface area contributed by atoms with Crippen LogP contribution < -0.4 is 19.7 Å². The van der Waals surface area contributed by atoms with Crippen molar-refractivity contribution in [1.82, 2.24) is 5.32 Å². The third-order valence-electron chi connectivity index (χ3n) is 3.11. The molecule has 4 nitrogen and oxygen atoms in total. The van der Waals surface area contributed by atoms with E-state index in [0.29, 0.717) is 6.04 Å². The van der Waals surface area contributed by atoms with E-state index >= 15 is 0 Å². The van der Waals surface area contributed by atoms with E-state index in [1.165, 1.54) is 11.3 Å². The summed E-state index contributed by atoms with van der Waals surface area (Å²) in [6, 6.07) is 4.56. The molecule has 0 aromatic heterocycles. The topological polar surface area (TPSA) is 33.7 Å². The molecule has 1 aromatic rings. The first-order valence-corrected chi connectivity index (χ1v) is 6.66. The molecule has 0 saturated heterocycles. The zero-order chi connectivity index (χ0) is 14.4. The maximum absolute atomic E-state index is 5.36. The molecule has 0 unspecified atom stereocenters. The van der Waals surface area contributed by atoms with Crippen LogP contribution in [0.15, 0.2) is 12.1 Å². The van der Waals surface area contributed by atoms with Crippen molar-refractivity contribution in [3.8, 4) is 11.5 Å². The smallest absolute Gasteiger partial charge is 0.162 e. The Morgan fingerprint density at radius 1 is 1.16 bits per heavy atom. The van der Waals surface area contributed by atoms with Crippen LogP contribution in [0.1, 0.15) is 19.4 Å². The molecular weight excluding hydrogens is 240 g/mol. The van der Waals surface area contributed by atoms with E-state index < -0.39 is 0 Å². The number of nitrogens with one attached hydrogen (secondary N) is 1. The monoisotopic (exact) mass is 266 g/mol. The highest BCUT2D eigenvalue weighted by Gasteiger charge is 2.11. The van der Waals surface area contributed by atoms with Crippen LogP contribution in [0.4, 0.5) is 5.69 Å². The molecule has 0 bridgehead atoms. The number of anilines is 1. The van der Waals surface area contributed by atoms with E-state index in [1.54, 1.807) is 14.2 Å². The Balaban J connectivity index is 2.81. The fourth-order valence-corrected chi connectivity index (χ4v) is 2.02. The van der Waals surface area contributed by atoms with E-state index in [9.17, 15) is 0 Å². The van der Waals surface area contributed by atoms with Gasteiger partial charge >= 0.3 is 0 Å². The summed E-state index contributed by atoms with van der Waals surface area (Å²) in [5, 5.41) is 3.42. The quantitative estimate of drug-likeness (QED) is 0.822. The van der Waals surface area contributed by atoms with Crippen LogP contribution in [-0.2, 0) is 0 Å². The van der Waals surface area contributed by atoms with Gasteiger partial charge in [0, 0.05) is 37.9 Å². The summed E-state index contributed by atoms with van der Waals surface area (Å²) >= 11 is 0. The summed E-state index contributed by atoms with van der Waals surface area (Å²) in [5.74, 6) is 1.55. The summed E-state index contributed by atoms with van der Waals surface area (Å²) in [6.07, 6.45) is 0. The van der Waals surface area contributed by atoms with Gasteiger partial charge in [-0.25, -0.2) is 0 Å². The van der Waals surface area contributed by atoms with Gasteiger partial charge in [0.05, 0.1) is 14.2 Å². The molecule has 0 amide bonds. The van der Waals surface area contributed by atoms with Crippen LogP contribution in [0.2, 0.25) is 0 Å². The maximum atomic E-state index is 5.36. The molecule has 0 aliphatic carbocycles. The van der Waals surface area contributed by atoms with Crippen LogP contribution in [-0.4, -0.2) is 40.4 Å². The van der Waals surface area contributed by atoms with Crippen molar-refractivity contribution in [1.29, 1.82) is 0 Å². The number of hydrogen-bond donors (Lipinski definition) is 1. The molecule has 1 N–H and O–H groups in total. The van der Waals surface area contributed by atoms with Crippen LogP contribution in [0.5, 0.6) is 11.5 Å². The lowest BCUT2D eigenvalue weighted by Gasteiger charge is -2.23. The van der Waals surface area contributed by atoms with Gasteiger partial charge in [-0.2, -0.15) is 0 Å². The number of hydrogen-bond acceptors (Lipinski definition) is 4. The summed E-state index contributed by atoms with van der Waals surface area (Å²) in [7, 11) is 5.42. The van der Waals surface area contributed by atoms with Gasteiger partial charge in [-0.15, -0.1) is 0 Å².